The highest BCUT2D eigenvalue weighted by Gasteiger charge is 2.39. The third-order valence-electron chi connectivity index (χ3n) is 3.14. The lowest BCUT2D eigenvalue weighted by atomic mass is 10.2. The second-order valence-electron chi connectivity index (χ2n) is 5.29. The zero-order valence-electron chi connectivity index (χ0n) is 14.2. The molecule has 24 heavy (non-hydrogen) atoms. The molecule has 0 amide bonds. The van der Waals surface area contributed by atoms with Gasteiger partial charge in [0.05, 0.1) is 6.61 Å². The van der Waals surface area contributed by atoms with Crippen molar-refractivity contribution in [3.05, 3.63) is 35.9 Å². The van der Waals surface area contributed by atoms with E-state index in [0.717, 1.165) is 18.4 Å². The van der Waals surface area contributed by atoms with Gasteiger partial charge in [0.15, 0.2) is 8.03 Å². The second kappa shape index (κ2) is 11.6. The summed E-state index contributed by atoms with van der Waals surface area (Å²) in [6.45, 7) is 3.94. The molecule has 0 bridgehead atoms. The van der Waals surface area contributed by atoms with Gasteiger partial charge in [-0.2, -0.15) is 0 Å². The van der Waals surface area contributed by atoms with Crippen LogP contribution in [-0.4, -0.2) is 18.5 Å². The number of carbonyl (C=O) groups excluding carboxylic acids is 1. The van der Waals surface area contributed by atoms with Crippen LogP contribution in [0, 0.1) is 0 Å². The van der Waals surface area contributed by atoms with Crippen LogP contribution in [-0.2, 0) is 29.3 Å². The Morgan fingerprint density at radius 3 is 2.42 bits per heavy atom. The maximum Gasteiger partial charge on any atom is 0.443 e. The normalized spacial score (nSPS) is 14.8. The smallest absolute Gasteiger partial charge is 0.443 e. The second-order valence-corrected chi connectivity index (χ2v) is 8.88. The highest BCUT2D eigenvalue weighted by atomic mass is 31.2. The summed E-state index contributed by atoms with van der Waals surface area (Å²) in [5.41, 5.74) is -0.332. The minimum absolute atomic E-state index is 0.0416. The first-order valence-corrected chi connectivity index (χ1v) is 11.3. The Balaban J connectivity index is 2.69. The molecule has 1 aromatic rings. The summed E-state index contributed by atoms with van der Waals surface area (Å²) in [5.74, 6) is 0. The number of ether oxygens (including phenoxy) is 1. The van der Waals surface area contributed by atoms with Gasteiger partial charge >= 0.3 is 13.3 Å². The lowest BCUT2D eigenvalue weighted by Crippen LogP contribution is -2.08. The summed E-state index contributed by atoms with van der Waals surface area (Å²) in [4.78, 5) is 12.2. The molecule has 136 valence electrons. The van der Waals surface area contributed by atoms with Crippen molar-refractivity contribution >= 4 is 21.3 Å². The maximum absolute atomic E-state index is 12.7. The van der Waals surface area contributed by atoms with E-state index >= 15 is 0 Å². The van der Waals surface area contributed by atoms with E-state index in [0.29, 0.717) is 12.8 Å². The molecule has 0 heterocycles. The van der Waals surface area contributed by atoms with Gasteiger partial charge in [-0.05, 0) is 18.4 Å². The van der Waals surface area contributed by atoms with Crippen molar-refractivity contribution in [2.45, 2.75) is 46.1 Å². The van der Waals surface area contributed by atoms with Crippen LogP contribution in [0.4, 0.5) is 4.79 Å². The highest BCUT2D eigenvalue weighted by Crippen LogP contribution is 2.57. The molecule has 0 aliphatic rings. The summed E-state index contributed by atoms with van der Waals surface area (Å²) in [6, 6.07) is 9.01. The zero-order valence-corrected chi connectivity index (χ0v) is 16.1. The monoisotopic (exact) mass is 376 g/mol. The Kier molecular flexibility index (Phi) is 10.2. The summed E-state index contributed by atoms with van der Waals surface area (Å²) >= 11 is 0. The van der Waals surface area contributed by atoms with E-state index in [9.17, 15) is 13.9 Å². The van der Waals surface area contributed by atoms with Gasteiger partial charge in [0.25, 0.3) is 0 Å². The minimum Gasteiger partial charge on any atom is -0.452 e. The molecule has 2 unspecified atom stereocenters. The topological polar surface area (TPSA) is 78.9 Å². The van der Waals surface area contributed by atoms with E-state index in [4.69, 9.17) is 13.6 Å². The molecule has 0 aromatic heterocycles. The number of benzene rings is 1. The fraction of sp³-hybridized carbons (Fsp3) is 0.562. The van der Waals surface area contributed by atoms with Crippen LogP contribution in [0.25, 0.3) is 0 Å². The van der Waals surface area contributed by atoms with E-state index in [-0.39, 0.29) is 19.4 Å². The van der Waals surface area contributed by atoms with Crippen LogP contribution in [0.3, 0.4) is 0 Å². The number of unbranched alkanes of at least 4 members (excludes halogenated alkanes) is 2. The van der Waals surface area contributed by atoms with Gasteiger partial charge in [0, 0.05) is 6.16 Å². The molecule has 6 nitrogen and oxygen atoms in total. The standard InChI is InChI=1S/C16H26O6P2/c1-3-5-12-21-24(19,22-23(18)13-6-4-2)16(17)20-14-15-10-8-7-9-11-15/h7-11,23H,3-6,12-14H2,1-2H3. The van der Waals surface area contributed by atoms with E-state index in [1.807, 2.05) is 19.9 Å². The molecule has 0 spiro atoms. The predicted octanol–water partition coefficient (Wildman–Crippen LogP) is 5.62. The minimum atomic E-state index is -4.20. The van der Waals surface area contributed by atoms with Gasteiger partial charge in [-0.15, -0.1) is 0 Å². The molecule has 0 saturated heterocycles. The quantitative estimate of drug-likeness (QED) is 0.348. The zero-order chi connectivity index (χ0) is 17.8. The summed E-state index contributed by atoms with van der Waals surface area (Å²) < 4.78 is 39.9. The van der Waals surface area contributed by atoms with Crippen LogP contribution < -0.4 is 0 Å². The Hall–Kier alpha value is -0.930. The number of carbonyl (C=O) groups is 1. The van der Waals surface area contributed by atoms with Gasteiger partial charge < -0.3 is 9.26 Å². The first kappa shape index (κ1) is 21.1. The molecular formula is C16H26O6P2. The number of hydrogen-bond acceptors (Lipinski definition) is 6. The van der Waals surface area contributed by atoms with Gasteiger partial charge in [0.1, 0.15) is 6.61 Å². The molecule has 0 saturated carbocycles. The van der Waals surface area contributed by atoms with Crippen molar-refractivity contribution in [1.29, 1.82) is 0 Å². The molecule has 0 fully saturated rings. The fourth-order valence-corrected chi connectivity index (χ4v) is 5.03. The Morgan fingerprint density at radius 1 is 1.12 bits per heavy atom. The van der Waals surface area contributed by atoms with Gasteiger partial charge in [-0.25, -0.2) is 13.7 Å². The van der Waals surface area contributed by atoms with Gasteiger partial charge in [-0.3, -0.25) is 4.57 Å². The molecule has 0 aliphatic heterocycles. The average molecular weight is 376 g/mol. The van der Waals surface area contributed by atoms with E-state index in [1.54, 1.807) is 24.3 Å². The third-order valence-corrected chi connectivity index (χ3v) is 6.78. The molecule has 8 heteroatoms. The van der Waals surface area contributed by atoms with Crippen LogP contribution in [0.15, 0.2) is 30.3 Å². The van der Waals surface area contributed by atoms with Crippen molar-refractivity contribution in [3.8, 4) is 0 Å². The van der Waals surface area contributed by atoms with Crippen molar-refractivity contribution in [1.82, 2.24) is 0 Å². The van der Waals surface area contributed by atoms with E-state index in [2.05, 4.69) is 0 Å². The highest BCUT2D eigenvalue weighted by molar-refractivity contribution is 7.75. The molecule has 2 atom stereocenters. The summed E-state index contributed by atoms with van der Waals surface area (Å²) in [5, 5.41) is 0. The Bertz CT molecular complexity index is 561. The number of hydrogen-bond donors (Lipinski definition) is 0. The van der Waals surface area contributed by atoms with E-state index < -0.39 is 21.3 Å². The molecule has 1 aromatic carbocycles. The fourth-order valence-electron chi connectivity index (χ4n) is 1.74. The van der Waals surface area contributed by atoms with Crippen molar-refractivity contribution in [2.75, 3.05) is 12.8 Å². The Morgan fingerprint density at radius 2 is 1.79 bits per heavy atom. The number of rotatable bonds is 12. The van der Waals surface area contributed by atoms with Crippen LogP contribution in [0.5, 0.6) is 0 Å². The van der Waals surface area contributed by atoms with Crippen molar-refractivity contribution in [2.24, 2.45) is 0 Å². The summed E-state index contributed by atoms with van der Waals surface area (Å²) in [6.07, 6.45) is 3.21. The first-order valence-electron chi connectivity index (χ1n) is 8.20. The maximum atomic E-state index is 12.7. The average Bonchev–Trinajstić information content (AvgIpc) is 2.59. The van der Waals surface area contributed by atoms with Crippen molar-refractivity contribution in [3.63, 3.8) is 0 Å². The third kappa shape index (κ3) is 7.76. The van der Waals surface area contributed by atoms with Crippen LogP contribution >= 0.6 is 15.6 Å². The van der Waals surface area contributed by atoms with E-state index in [1.165, 1.54) is 0 Å². The summed E-state index contributed by atoms with van der Waals surface area (Å²) in [7, 11) is -6.81. The van der Waals surface area contributed by atoms with Gasteiger partial charge in [-0.1, -0.05) is 57.0 Å². The van der Waals surface area contributed by atoms with Crippen LogP contribution in [0.2, 0.25) is 0 Å². The molecular weight excluding hydrogens is 350 g/mol. The van der Waals surface area contributed by atoms with Crippen molar-refractivity contribution < 1.29 is 27.5 Å². The predicted molar refractivity (Wildman–Crippen MR) is 95.0 cm³/mol. The molecule has 0 aliphatic carbocycles. The SMILES string of the molecule is CCCCOP(=O)(O[PH](=O)CCCC)C(=O)OCc1ccccc1. The molecule has 0 radical (unpaired) electrons. The van der Waals surface area contributed by atoms with Crippen LogP contribution in [0.1, 0.15) is 45.1 Å². The largest absolute Gasteiger partial charge is 0.452 e. The molecule has 0 N–H and O–H groups in total. The Labute approximate surface area is 144 Å². The lowest BCUT2D eigenvalue weighted by Gasteiger charge is -2.16. The lowest BCUT2D eigenvalue weighted by molar-refractivity contribution is 0.151. The van der Waals surface area contributed by atoms with Gasteiger partial charge in [0.2, 0.25) is 0 Å². The first-order chi connectivity index (χ1) is 11.5. The molecule has 1 rings (SSSR count).